The molecule has 0 saturated heterocycles. The number of aryl methyl sites for hydroxylation is 1. The molecule has 0 spiro atoms. The molecule has 4 rings (SSSR count). The molecule has 0 aromatic carbocycles. The molecule has 0 saturated carbocycles. The van der Waals surface area contributed by atoms with Gasteiger partial charge in [0.25, 0.3) is 0 Å². The second kappa shape index (κ2) is 3.75. The van der Waals surface area contributed by atoms with Crippen LogP contribution in [0.2, 0.25) is 0 Å². The topological polar surface area (TPSA) is 43.1 Å². The van der Waals surface area contributed by atoms with Gasteiger partial charge in [0.2, 0.25) is 0 Å². The van der Waals surface area contributed by atoms with Crippen molar-refractivity contribution in [1.29, 1.82) is 0 Å². The number of pyridine rings is 1. The largest absolute Gasteiger partial charge is 0.260 e. The summed E-state index contributed by atoms with van der Waals surface area (Å²) in [6, 6.07) is 6.00. The molecule has 4 heteroatoms. The van der Waals surface area contributed by atoms with Crippen LogP contribution in [-0.4, -0.2) is 19.6 Å². The third kappa shape index (κ3) is 1.64. The van der Waals surface area contributed by atoms with Crippen molar-refractivity contribution in [2.24, 2.45) is 0 Å². The number of rotatable bonds is 2. The van der Waals surface area contributed by atoms with E-state index in [1.54, 1.807) is 4.52 Å². The molecule has 3 aromatic heterocycles. The maximum Gasteiger partial charge on any atom is 0.163 e. The van der Waals surface area contributed by atoms with Crippen molar-refractivity contribution in [3.05, 3.63) is 60.3 Å². The fraction of sp³-hybridized carbons (Fsp3) is 0.133. The zero-order valence-corrected chi connectivity index (χ0v) is 10.5. The maximum atomic E-state index is 4.59. The average Bonchev–Trinajstić information content (AvgIpc) is 3.20. The van der Waals surface area contributed by atoms with E-state index in [1.165, 1.54) is 0 Å². The second-order valence-corrected chi connectivity index (χ2v) is 4.74. The number of hydrogen-bond donors (Lipinski definition) is 0. The highest BCUT2D eigenvalue weighted by Crippen LogP contribution is 2.36. The zero-order valence-electron chi connectivity index (χ0n) is 10.5. The molecule has 1 aliphatic carbocycles. The molecule has 0 fully saturated rings. The van der Waals surface area contributed by atoms with Gasteiger partial charge in [0.1, 0.15) is 0 Å². The molecule has 0 amide bonds. The fourth-order valence-corrected chi connectivity index (χ4v) is 2.30. The van der Waals surface area contributed by atoms with Gasteiger partial charge in [-0.25, -0.2) is 9.50 Å². The van der Waals surface area contributed by atoms with Gasteiger partial charge in [-0.1, -0.05) is 18.2 Å². The minimum atomic E-state index is 0.371. The minimum Gasteiger partial charge on any atom is -0.260 e. The Morgan fingerprint density at radius 3 is 2.89 bits per heavy atom. The Hall–Kier alpha value is -2.49. The van der Waals surface area contributed by atoms with Crippen molar-refractivity contribution in [2.45, 2.75) is 12.8 Å². The lowest BCUT2D eigenvalue weighted by Crippen LogP contribution is -1.94. The van der Waals surface area contributed by atoms with Crippen molar-refractivity contribution in [2.75, 3.05) is 0 Å². The minimum absolute atomic E-state index is 0.371. The Labute approximate surface area is 110 Å². The van der Waals surface area contributed by atoms with Crippen LogP contribution < -0.4 is 0 Å². The SMILES string of the molecule is Cc1ccn2ncc(-c3cccnc3C3C=C3)c2n1. The smallest absolute Gasteiger partial charge is 0.163 e. The van der Waals surface area contributed by atoms with Crippen molar-refractivity contribution in [3.63, 3.8) is 0 Å². The molecule has 3 aromatic rings. The third-order valence-electron chi connectivity index (χ3n) is 3.34. The van der Waals surface area contributed by atoms with E-state index in [-0.39, 0.29) is 0 Å². The normalized spacial score (nSPS) is 14.2. The molecule has 1 aliphatic rings. The Morgan fingerprint density at radius 2 is 2.05 bits per heavy atom. The summed E-state index contributed by atoms with van der Waals surface area (Å²) in [6.07, 6.45) is 9.94. The van der Waals surface area contributed by atoms with Gasteiger partial charge in [-0.05, 0) is 19.1 Å². The van der Waals surface area contributed by atoms with Crippen LogP contribution in [0.25, 0.3) is 16.8 Å². The maximum absolute atomic E-state index is 4.59. The fourth-order valence-electron chi connectivity index (χ4n) is 2.30. The molecule has 0 radical (unpaired) electrons. The van der Waals surface area contributed by atoms with Crippen LogP contribution in [0, 0.1) is 6.92 Å². The molecular formula is C15H12N4. The van der Waals surface area contributed by atoms with Crippen molar-refractivity contribution < 1.29 is 0 Å². The Morgan fingerprint density at radius 1 is 1.16 bits per heavy atom. The highest BCUT2D eigenvalue weighted by molar-refractivity contribution is 5.79. The lowest BCUT2D eigenvalue weighted by atomic mass is 10.0. The highest BCUT2D eigenvalue weighted by atomic mass is 15.2. The molecule has 0 atom stereocenters. The van der Waals surface area contributed by atoms with E-state index in [1.807, 2.05) is 37.6 Å². The molecule has 0 aliphatic heterocycles. The van der Waals surface area contributed by atoms with Crippen LogP contribution in [0.15, 0.2) is 48.9 Å². The van der Waals surface area contributed by atoms with E-state index >= 15 is 0 Å². The molecule has 92 valence electrons. The number of nitrogens with zero attached hydrogens (tertiary/aromatic N) is 4. The first-order valence-corrected chi connectivity index (χ1v) is 6.27. The quantitative estimate of drug-likeness (QED) is 0.655. The third-order valence-corrected chi connectivity index (χ3v) is 3.34. The summed E-state index contributed by atoms with van der Waals surface area (Å²) >= 11 is 0. The van der Waals surface area contributed by atoms with Crippen molar-refractivity contribution in [3.8, 4) is 11.1 Å². The van der Waals surface area contributed by atoms with E-state index < -0.39 is 0 Å². The average molecular weight is 248 g/mol. The van der Waals surface area contributed by atoms with Crippen LogP contribution >= 0.6 is 0 Å². The van der Waals surface area contributed by atoms with Gasteiger partial charge in [0, 0.05) is 35.1 Å². The predicted octanol–water partition coefficient (Wildman–Crippen LogP) is 2.75. The summed E-state index contributed by atoms with van der Waals surface area (Å²) in [5, 5.41) is 4.36. The molecule has 0 unspecified atom stereocenters. The summed E-state index contributed by atoms with van der Waals surface area (Å²) in [6.45, 7) is 1.99. The Balaban J connectivity index is 1.97. The van der Waals surface area contributed by atoms with Crippen molar-refractivity contribution >= 4 is 5.65 Å². The number of allylic oxidation sites excluding steroid dienone is 2. The lowest BCUT2D eigenvalue weighted by molar-refractivity contribution is 0.929. The van der Waals surface area contributed by atoms with Gasteiger partial charge >= 0.3 is 0 Å². The first kappa shape index (κ1) is 10.4. The summed E-state index contributed by atoms with van der Waals surface area (Å²) in [5.41, 5.74) is 5.12. The Kier molecular flexibility index (Phi) is 2.06. The second-order valence-electron chi connectivity index (χ2n) is 4.74. The summed E-state index contributed by atoms with van der Waals surface area (Å²) in [5.74, 6) is 0.371. The van der Waals surface area contributed by atoms with Crippen LogP contribution in [-0.2, 0) is 0 Å². The van der Waals surface area contributed by atoms with Crippen LogP contribution in [0.1, 0.15) is 17.3 Å². The van der Waals surface area contributed by atoms with Gasteiger partial charge in [0.05, 0.1) is 11.9 Å². The number of aromatic nitrogens is 4. The molecule has 3 heterocycles. The van der Waals surface area contributed by atoms with Gasteiger partial charge in [-0.3, -0.25) is 4.98 Å². The highest BCUT2D eigenvalue weighted by Gasteiger charge is 2.21. The number of fused-ring (bicyclic) bond motifs is 1. The molecule has 19 heavy (non-hydrogen) atoms. The first-order valence-electron chi connectivity index (χ1n) is 6.27. The predicted molar refractivity (Wildman–Crippen MR) is 72.8 cm³/mol. The molecule has 4 nitrogen and oxygen atoms in total. The van der Waals surface area contributed by atoms with Gasteiger partial charge in [0.15, 0.2) is 5.65 Å². The summed E-state index contributed by atoms with van der Waals surface area (Å²) < 4.78 is 1.80. The van der Waals surface area contributed by atoms with Crippen LogP contribution in [0.5, 0.6) is 0 Å². The van der Waals surface area contributed by atoms with E-state index in [0.717, 1.165) is 28.2 Å². The zero-order chi connectivity index (χ0) is 12.8. The molecule has 0 bridgehead atoms. The van der Waals surface area contributed by atoms with Gasteiger partial charge in [-0.2, -0.15) is 5.10 Å². The summed E-state index contributed by atoms with van der Waals surface area (Å²) in [7, 11) is 0. The van der Waals surface area contributed by atoms with E-state index in [9.17, 15) is 0 Å². The standard InChI is InChI=1S/C15H12N4/c1-10-6-8-19-15(18-10)13(9-17-19)12-3-2-7-16-14(12)11-4-5-11/h2-9,11H,1H3. The first-order chi connectivity index (χ1) is 9.33. The van der Waals surface area contributed by atoms with Crippen LogP contribution in [0.4, 0.5) is 0 Å². The van der Waals surface area contributed by atoms with Gasteiger partial charge < -0.3 is 0 Å². The number of hydrogen-bond acceptors (Lipinski definition) is 3. The van der Waals surface area contributed by atoms with E-state index in [4.69, 9.17) is 0 Å². The Bertz CT molecular complexity index is 795. The van der Waals surface area contributed by atoms with E-state index in [0.29, 0.717) is 5.92 Å². The van der Waals surface area contributed by atoms with E-state index in [2.05, 4.69) is 33.3 Å². The van der Waals surface area contributed by atoms with Crippen LogP contribution in [0.3, 0.4) is 0 Å². The monoisotopic (exact) mass is 248 g/mol. The lowest BCUT2D eigenvalue weighted by Gasteiger charge is -2.06. The molecular weight excluding hydrogens is 236 g/mol. The van der Waals surface area contributed by atoms with Crippen molar-refractivity contribution in [1.82, 2.24) is 19.6 Å². The molecule has 0 N–H and O–H groups in total. The van der Waals surface area contributed by atoms with Gasteiger partial charge in [-0.15, -0.1) is 0 Å². The summed E-state index contributed by atoms with van der Waals surface area (Å²) in [4.78, 5) is 9.08.